The van der Waals surface area contributed by atoms with Gasteiger partial charge in [0.05, 0.1) is 10.0 Å². The van der Waals surface area contributed by atoms with Gasteiger partial charge in [0.25, 0.3) is 0 Å². The summed E-state index contributed by atoms with van der Waals surface area (Å²) in [6.07, 6.45) is 4.41. The second kappa shape index (κ2) is 16.6. The molecule has 4 N–H and O–H groups in total. The number of aromatic amines is 2. The minimum atomic E-state index is -1.48. The number of benzene rings is 4. The Hall–Kier alpha value is -2.42. The Morgan fingerprint density at radius 2 is 1.11 bits per heavy atom. The Morgan fingerprint density at radius 1 is 0.609 bits per heavy atom. The molecule has 0 radical (unpaired) electrons. The molecule has 0 spiro atoms. The molecular weight excluding hydrogens is 725 g/mol. The molecule has 0 amide bonds. The lowest BCUT2D eigenvalue weighted by Gasteiger charge is -2.08. The first-order valence-corrected chi connectivity index (χ1v) is 17.4. The third-order valence-corrected chi connectivity index (χ3v) is 9.52. The molecule has 240 valence electrons. The van der Waals surface area contributed by atoms with E-state index in [0.29, 0.717) is 10.5 Å². The predicted molar refractivity (Wildman–Crippen MR) is 204 cm³/mol. The fraction of sp³-hybridized carbons (Fsp3) is 0.222. The first-order chi connectivity index (χ1) is 21.9. The van der Waals surface area contributed by atoms with Gasteiger partial charge in [0.2, 0.25) is 0 Å². The van der Waals surface area contributed by atoms with Crippen molar-refractivity contribution in [3.05, 3.63) is 120 Å². The zero-order valence-electron chi connectivity index (χ0n) is 26.1. The van der Waals surface area contributed by atoms with Gasteiger partial charge in [-0.15, -0.1) is 0 Å². The fourth-order valence-corrected chi connectivity index (χ4v) is 6.56. The summed E-state index contributed by atoms with van der Waals surface area (Å²) in [6, 6.07) is 23.6. The van der Waals surface area contributed by atoms with Crippen molar-refractivity contribution in [2.45, 2.75) is 53.4 Å². The number of aryl methyl sites for hydroxylation is 4. The molecule has 0 bridgehead atoms. The maximum atomic E-state index is 8.77. The summed E-state index contributed by atoms with van der Waals surface area (Å²) in [4.78, 5) is 6.78. The van der Waals surface area contributed by atoms with Gasteiger partial charge in [-0.3, -0.25) is 0 Å². The molecule has 2 aromatic heterocycles. The van der Waals surface area contributed by atoms with Gasteiger partial charge in [0.15, 0.2) is 0 Å². The summed E-state index contributed by atoms with van der Waals surface area (Å²) in [6.45, 7) is 8.27. The lowest BCUT2D eigenvalue weighted by molar-refractivity contribution is 0.426. The van der Waals surface area contributed by atoms with Gasteiger partial charge >= 0.3 is 7.12 Å². The molecule has 0 saturated carbocycles. The Bertz CT molecular complexity index is 1920. The van der Waals surface area contributed by atoms with Crippen LogP contribution in [0.4, 0.5) is 0 Å². The smallest absolute Gasteiger partial charge is 0.423 e. The Labute approximate surface area is 299 Å². The highest BCUT2D eigenvalue weighted by atomic mass is 79.9. The van der Waals surface area contributed by atoms with Crippen LogP contribution in [-0.4, -0.2) is 27.1 Å². The van der Waals surface area contributed by atoms with Crippen LogP contribution in [0.3, 0.4) is 0 Å². The van der Waals surface area contributed by atoms with E-state index in [9.17, 15) is 0 Å². The van der Waals surface area contributed by atoms with E-state index in [4.69, 9.17) is 56.5 Å². The summed E-state index contributed by atoms with van der Waals surface area (Å²) in [5.41, 5.74) is 9.16. The molecule has 0 aliphatic carbocycles. The molecule has 6 aromatic rings. The van der Waals surface area contributed by atoms with Gasteiger partial charge in [0.1, 0.15) is 0 Å². The molecule has 4 nitrogen and oxygen atoms in total. The Morgan fingerprint density at radius 3 is 1.63 bits per heavy atom. The first-order valence-electron chi connectivity index (χ1n) is 15.1. The molecule has 10 heteroatoms. The number of hydrogen-bond donors (Lipinski definition) is 4. The SMILES string of the molecule is CCCc1cc2cc(-c3ccc(C)cc3Cl)c(Cl)cc2[nH]1.CCCc1cc2cc(Br)c(Cl)cc2[nH]1.Cc1ccc(B(O)O)c(Cl)c1. The van der Waals surface area contributed by atoms with E-state index < -0.39 is 7.12 Å². The average molecular weight is 761 g/mol. The van der Waals surface area contributed by atoms with E-state index in [1.165, 1.54) is 22.2 Å². The highest BCUT2D eigenvalue weighted by Gasteiger charge is 2.14. The molecular formula is C36H36BBrCl4N2O2. The van der Waals surface area contributed by atoms with E-state index in [2.05, 4.69) is 64.0 Å². The van der Waals surface area contributed by atoms with Crippen LogP contribution < -0.4 is 5.46 Å². The topological polar surface area (TPSA) is 72.0 Å². The average Bonchev–Trinajstić information content (AvgIpc) is 3.56. The van der Waals surface area contributed by atoms with Crippen molar-refractivity contribution < 1.29 is 10.0 Å². The molecule has 6 rings (SSSR count). The van der Waals surface area contributed by atoms with Gasteiger partial charge in [-0.05, 0) is 102 Å². The van der Waals surface area contributed by atoms with Crippen molar-refractivity contribution in [3.63, 3.8) is 0 Å². The van der Waals surface area contributed by atoms with Crippen LogP contribution >= 0.6 is 62.3 Å². The number of aromatic nitrogens is 2. The molecule has 2 heterocycles. The summed E-state index contributed by atoms with van der Waals surface area (Å²) in [7, 11) is -1.48. The van der Waals surface area contributed by atoms with E-state index in [-0.39, 0.29) is 0 Å². The fourth-order valence-electron chi connectivity index (χ4n) is 5.10. The predicted octanol–water partition coefficient (Wildman–Crippen LogP) is 11.3. The molecule has 0 atom stereocenters. The summed E-state index contributed by atoms with van der Waals surface area (Å²) < 4.78 is 0.953. The van der Waals surface area contributed by atoms with E-state index in [0.717, 1.165) is 78.5 Å². The van der Waals surface area contributed by atoms with Gasteiger partial charge < -0.3 is 20.0 Å². The highest BCUT2D eigenvalue weighted by molar-refractivity contribution is 9.10. The maximum absolute atomic E-state index is 8.77. The quantitative estimate of drug-likeness (QED) is 0.128. The normalized spacial score (nSPS) is 10.8. The highest BCUT2D eigenvalue weighted by Crippen LogP contribution is 2.37. The van der Waals surface area contributed by atoms with E-state index in [1.807, 2.05) is 44.2 Å². The van der Waals surface area contributed by atoms with Crippen molar-refractivity contribution in [2.75, 3.05) is 0 Å². The summed E-state index contributed by atoms with van der Waals surface area (Å²) in [5, 5.41) is 22.5. The van der Waals surface area contributed by atoms with Crippen LogP contribution in [0.1, 0.15) is 49.2 Å². The number of H-pyrrole nitrogens is 2. The largest absolute Gasteiger partial charge is 0.489 e. The molecule has 0 aliphatic rings. The summed E-state index contributed by atoms with van der Waals surface area (Å²) in [5.74, 6) is 0. The first kappa shape index (κ1) is 36.4. The lowest BCUT2D eigenvalue weighted by atomic mass is 9.80. The van der Waals surface area contributed by atoms with Crippen LogP contribution in [0.2, 0.25) is 20.1 Å². The number of halogens is 5. The van der Waals surface area contributed by atoms with Crippen molar-refractivity contribution in [1.29, 1.82) is 0 Å². The second-order valence-electron chi connectivity index (χ2n) is 11.2. The van der Waals surface area contributed by atoms with Crippen molar-refractivity contribution in [1.82, 2.24) is 9.97 Å². The summed E-state index contributed by atoms with van der Waals surface area (Å²) >= 11 is 28.0. The zero-order valence-corrected chi connectivity index (χ0v) is 30.7. The van der Waals surface area contributed by atoms with Gasteiger partial charge in [-0.2, -0.15) is 0 Å². The minimum Gasteiger partial charge on any atom is -0.423 e. The molecule has 0 unspecified atom stereocenters. The molecule has 4 aromatic carbocycles. The Kier molecular flexibility index (Phi) is 13.2. The van der Waals surface area contributed by atoms with Crippen molar-refractivity contribution in [2.24, 2.45) is 0 Å². The zero-order chi connectivity index (χ0) is 33.5. The van der Waals surface area contributed by atoms with E-state index >= 15 is 0 Å². The number of rotatable bonds is 6. The van der Waals surface area contributed by atoms with Crippen LogP contribution in [0.25, 0.3) is 32.9 Å². The molecule has 46 heavy (non-hydrogen) atoms. The van der Waals surface area contributed by atoms with Crippen LogP contribution in [0.5, 0.6) is 0 Å². The molecule has 0 saturated heterocycles. The van der Waals surface area contributed by atoms with Gasteiger partial charge in [0, 0.05) is 64.3 Å². The van der Waals surface area contributed by atoms with Crippen LogP contribution in [-0.2, 0) is 12.8 Å². The Balaban J connectivity index is 0.000000167. The van der Waals surface area contributed by atoms with E-state index in [1.54, 1.807) is 18.2 Å². The number of fused-ring (bicyclic) bond motifs is 2. The van der Waals surface area contributed by atoms with Crippen LogP contribution in [0, 0.1) is 13.8 Å². The lowest BCUT2D eigenvalue weighted by Crippen LogP contribution is -2.30. The van der Waals surface area contributed by atoms with Crippen LogP contribution in [0.15, 0.2) is 77.3 Å². The molecule has 0 fully saturated rings. The number of nitrogens with one attached hydrogen (secondary N) is 2. The standard InChI is InChI=1S/C18H17Cl2N.C11H11BrClN.C7H8BClO2/c1-3-4-13-8-12-9-15(17(20)10-18(12)21-13)14-6-5-11(2)7-16(14)19;1-2-3-8-4-7-5-9(12)10(13)6-11(7)14-8;1-5-2-3-6(8(10)11)7(9)4-5/h5-10,21H,3-4H2,1-2H3;4-6,14H,2-3H2,1H3;2-4,10-11H,1H3. The van der Waals surface area contributed by atoms with Crippen molar-refractivity contribution in [3.8, 4) is 11.1 Å². The van der Waals surface area contributed by atoms with Crippen molar-refractivity contribution >= 4 is 96.7 Å². The third-order valence-electron chi connectivity index (χ3n) is 7.37. The molecule has 0 aliphatic heterocycles. The minimum absolute atomic E-state index is 0.345. The third kappa shape index (κ3) is 9.35. The monoisotopic (exact) mass is 758 g/mol. The second-order valence-corrected chi connectivity index (χ2v) is 13.7. The van der Waals surface area contributed by atoms with Gasteiger partial charge in [-0.1, -0.05) is 97.4 Å². The van der Waals surface area contributed by atoms with Gasteiger partial charge in [-0.25, -0.2) is 0 Å². The number of hydrogen-bond acceptors (Lipinski definition) is 2. The maximum Gasteiger partial charge on any atom is 0.489 e.